The molecule has 4 heteroatoms. The molecule has 1 spiro atoms. The number of hydrogen-bond donors (Lipinski definition) is 0. The fourth-order valence-electron chi connectivity index (χ4n) is 6.66. The minimum Gasteiger partial charge on any atom is -0.457 e. The van der Waals surface area contributed by atoms with Crippen LogP contribution in [0.1, 0.15) is 49.3 Å². The first-order valence-corrected chi connectivity index (χ1v) is 13.2. The van der Waals surface area contributed by atoms with Crippen LogP contribution in [0.25, 0.3) is 0 Å². The molecule has 188 valence electrons. The Hall–Kier alpha value is -4.83. The summed E-state index contributed by atoms with van der Waals surface area (Å²) in [6, 6.07) is 36.3. The second-order valence-corrected chi connectivity index (χ2v) is 10.6. The van der Waals surface area contributed by atoms with E-state index in [4.69, 9.17) is 9.47 Å². The number of nitrogens with zero attached hydrogens (tertiary/aromatic N) is 1. The summed E-state index contributed by atoms with van der Waals surface area (Å²) >= 11 is 0. The quantitative estimate of drug-likeness (QED) is 0.210. The van der Waals surface area contributed by atoms with Crippen molar-refractivity contribution in [3.8, 4) is 11.5 Å². The Balaban J connectivity index is 1.52. The highest BCUT2D eigenvalue weighted by atomic mass is 16.5. The van der Waals surface area contributed by atoms with E-state index in [1.807, 2.05) is 24.3 Å². The summed E-state index contributed by atoms with van der Waals surface area (Å²) in [5.74, 6) is 1.47. The molecule has 0 fully saturated rings. The normalized spacial score (nSPS) is 15.4. The highest BCUT2D eigenvalue weighted by Gasteiger charge is 2.51. The third kappa shape index (κ3) is 2.91. The number of hydrogen-bond acceptors (Lipinski definition) is 4. The number of ether oxygens (including phenoxy) is 2. The van der Waals surface area contributed by atoms with Gasteiger partial charge in [-0.15, -0.1) is 0 Å². The van der Waals surface area contributed by atoms with E-state index in [1.165, 1.54) is 22.3 Å². The number of cyclic esters (lactones) is 1. The van der Waals surface area contributed by atoms with Crippen molar-refractivity contribution in [3.63, 3.8) is 0 Å². The van der Waals surface area contributed by atoms with Crippen LogP contribution in [0.15, 0.2) is 103 Å². The lowest BCUT2D eigenvalue weighted by atomic mass is 9.61. The number of fused-ring (bicyclic) bond motifs is 9. The SMILES string of the molecule is Cc1ccc2c(c1)C1(c3ccccc3Oc3ccccc31)c1cc(C)ccc1N2c1ccc2c(c1)C(=O)OC2. The van der Waals surface area contributed by atoms with Crippen LogP contribution in [0.3, 0.4) is 0 Å². The Bertz CT molecular complexity index is 1750. The van der Waals surface area contributed by atoms with Crippen LogP contribution in [0.2, 0.25) is 0 Å². The number of benzene rings is 5. The molecule has 0 saturated carbocycles. The third-order valence-corrected chi connectivity index (χ3v) is 8.33. The van der Waals surface area contributed by atoms with Crippen LogP contribution in [-0.4, -0.2) is 5.97 Å². The molecule has 5 aromatic rings. The van der Waals surface area contributed by atoms with Crippen LogP contribution >= 0.6 is 0 Å². The first kappa shape index (κ1) is 22.2. The van der Waals surface area contributed by atoms with Crippen molar-refractivity contribution in [1.82, 2.24) is 0 Å². The predicted octanol–water partition coefficient (Wildman–Crippen LogP) is 8.25. The van der Waals surface area contributed by atoms with Gasteiger partial charge in [-0.3, -0.25) is 0 Å². The lowest BCUT2D eigenvalue weighted by molar-refractivity contribution is 0.0535. The van der Waals surface area contributed by atoms with E-state index in [9.17, 15) is 4.79 Å². The van der Waals surface area contributed by atoms with Crippen molar-refractivity contribution in [2.24, 2.45) is 0 Å². The molecule has 0 amide bonds. The van der Waals surface area contributed by atoms with E-state index in [2.05, 4.69) is 97.6 Å². The van der Waals surface area contributed by atoms with Crippen molar-refractivity contribution in [2.75, 3.05) is 4.90 Å². The minimum atomic E-state index is -0.583. The zero-order valence-electron chi connectivity index (χ0n) is 21.7. The number of anilines is 3. The predicted molar refractivity (Wildman–Crippen MR) is 152 cm³/mol. The molecular formula is C35H25NO3. The fraction of sp³-hybridized carbons (Fsp3) is 0.114. The first-order chi connectivity index (χ1) is 19.1. The zero-order valence-corrected chi connectivity index (χ0v) is 21.7. The summed E-state index contributed by atoms with van der Waals surface area (Å²) in [5, 5.41) is 0. The van der Waals surface area contributed by atoms with Crippen LogP contribution in [0, 0.1) is 13.8 Å². The topological polar surface area (TPSA) is 38.8 Å². The molecule has 3 aliphatic rings. The van der Waals surface area contributed by atoms with E-state index in [-0.39, 0.29) is 5.97 Å². The largest absolute Gasteiger partial charge is 0.457 e. The van der Waals surface area contributed by atoms with Crippen molar-refractivity contribution in [3.05, 3.63) is 148 Å². The van der Waals surface area contributed by atoms with Crippen LogP contribution in [-0.2, 0) is 16.8 Å². The molecule has 0 saturated heterocycles. The lowest BCUT2D eigenvalue weighted by Gasteiger charge is -2.48. The highest BCUT2D eigenvalue weighted by Crippen LogP contribution is 2.62. The summed E-state index contributed by atoms with van der Waals surface area (Å²) < 4.78 is 11.8. The number of esters is 1. The van der Waals surface area contributed by atoms with Gasteiger partial charge in [0.25, 0.3) is 0 Å². The summed E-state index contributed by atoms with van der Waals surface area (Å²) in [4.78, 5) is 14.8. The molecule has 0 unspecified atom stereocenters. The van der Waals surface area contributed by atoms with Crippen LogP contribution in [0.5, 0.6) is 11.5 Å². The molecule has 0 radical (unpaired) electrons. The molecule has 39 heavy (non-hydrogen) atoms. The Morgan fingerprint density at radius 1 is 0.667 bits per heavy atom. The minimum absolute atomic E-state index is 0.263. The highest BCUT2D eigenvalue weighted by molar-refractivity contribution is 5.97. The summed E-state index contributed by atoms with van der Waals surface area (Å²) in [6.45, 7) is 4.62. The van der Waals surface area contributed by atoms with E-state index >= 15 is 0 Å². The second kappa shape index (κ2) is 7.84. The van der Waals surface area contributed by atoms with Crippen molar-refractivity contribution < 1.29 is 14.3 Å². The summed E-state index contributed by atoms with van der Waals surface area (Å²) in [5.41, 5.74) is 11.1. The van der Waals surface area contributed by atoms with Gasteiger partial charge in [0.2, 0.25) is 0 Å². The zero-order chi connectivity index (χ0) is 26.3. The Kier molecular flexibility index (Phi) is 4.46. The molecule has 0 atom stereocenters. The van der Waals surface area contributed by atoms with Gasteiger partial charge in [-0.05, 0) is 61.4 Å². The number of aryl methyl sites for hydroxylation is 2. The Labute approximate surface area is 227 Å². The maximum Gasteiger partial charge on any atom is 0.338 e. The van der Waals surface area contributed by atoms with Gasteiger partial charge in [0.1, 0.15) is 18.1 Å². The van der Waals surface area contributed by atoms with Gasteiger partial charge in [-0.25, -0.2) is 4.79 Å². The van der Waals surface area contributed by atoms with Gasteiger partial charge < -0.3 is 14.4 Å². The second-order valence-electron chi connectivity index (χ2n) is 10.6. The van der Waals surface area contributed by atoms with E-state index in [1.54, 1.807) is 0 Å². The molecule has 3 aliphatic heterocycles. The van der Waals surface area contributed by atoms with E-state index in [0.717, 1.165) is 45.3 Å². The smallest absolute Gasteiger partial charge is 0.338 e. The summed E-state index contributed by atoms with van der Waals surface area (Å²) in [7, 11) is 0. The van der Waals surface area contributed by atoms with Gasteiger partial charge in [0.05, 0.1) is 22.4 Å². The van der Waals surface area contributed by atoms with Crippen molar-refractivity contribution in [1.29, 1.82) is 0 Å². The number of rotatable bonds is 1. The molecule has 0 N–H and O–H groups in total. The molecular weight excluding hydrogens is 482 g/mol. The third-order valence-electron chi connectivity index (χ3n) is 8.33. The fourth-order valence-corrected chi connectivity index (χ4v) is 6.66. The average Bonchev–Trinajstić information content (AvgIpc) is 3.33. The number of para-hydroxylation sites is 2. The molecule has 0 aliphatic carbocycles. The molecule has 0 bridgehead atoms. The first-order valence-electron chi connectivity index (χ1n) is 13.2. The monoisotopic (exact) mass is 507 g/mol. The average molecular weight is 508 g/mol. The van der Waals surface area contributed by atoms with Crippen molar-refractivity contribution >= 4 is 23.0 Å². The van der Waals surface area contributed by atoms with Gasteiger partial charge in [0, 0.05) is 22.4 Å². The van der Waals surface area contributed by atoms with Gasteiger partial charge in [-0.2, -0.15) is 0 Å². The van der Waals surface area contributed by atoms with Gasteiger partial charge in [-0.1, -0.05) is 77.9 Å². The molecule has 3 heterocycles. The maximum atomic E-state index is 12.5. The standard InChI is InChI=1S/C35H25NO3/c1-21-11-15-30-28(17-21)35(26-7-3-5-9-32(26)39-33-10-6-4-8-27(33)35)29-18-22(2)12-16-31(29)36(30)24-14-13-23-20-38-34(37)25(23)19-24/h3-19H,20H2,1-2H3. The Morgan fingerprint density at radius 3 is 1.87 bits per heavy atom. The lowest BCUT2D eigenvalue weighted by Crippen LogP contribution is -2.40. The molecule has 4 nitrogen and oxygen atoms in total. The molecule has 8 rings (SSSR count). The van der Waals surface area contributed by atoms with Crippen LogP contribution < -0.4 is 9.64 Å². The van der Waals surface area contributed by atoms with E-state index < -0.39 is 5.41 Å². The van der Waals surface area contributed by atoms with Crippen molar-refractivity contribution in [2.45, 2.75) is 25.9 Å². The van der Waals surface area contributed by atoms with E-state index in [0.29, 0.717) is 12.2 Å². The number of carbonyl (C=O) groups is 1. The summed E-state index contributed by atoms with van der Waals surface area (Å²) in [6.07, 6.45) is 0. The Morgan fingerprint density at radius 2 is 1.26 bits per heavy atom. The number of carbonyl (C=O) groups excluding carboxylic acids is 1. The van der Waals surface area contributed by atoms with Gasteiger partial charge in [0.15, 0.2) is 0 Å². The molecule has 0 aromatic heterocycles. The van der Waals surface area contributed by atoms with Gasteiger partial charge >= 0.3 is 5.97 Å². The maximum absolute atomic E-state index is 12.5. The molecule has 5 aromatic carbocycles. The van der Waals surface area contributed by atoms with Crippen LogP contribution in [0.4, 0.5) is 17.1 Å².